The average molecular weight is 368 g/mol. The standard InChI is InChI=1S/C19H28N8/c1-4-16-22-18(25-19(24-16)27-12-10-26(3)11-13-27)23-17-8-7-15(14-21-17)6-5-9-20-2/h5-8,14,20H,4,9-13H2,1-3H3,(H,21,22,23,24,25)/b6-5+. The van der Waals surface area contributed by atoms with Gasteiger partial charge in [-0.05, 0) is 31.8 Å². The number of aryl methyl sites for hydroxylation is 1. The molecule has 1 saturated heterocycles. The first-order valence-electron chi connectivity index (χ1n) is 9.40. The molecule has 0 amide bonds. The van der Waals surface area contributed by atoms with E-state index in [0.29, 0.717) is 5.95 Å². The zero-order valence-electron chi connectivity index (χ0n) is 16.3. The zero-order valence-corrected chi connectivity index (χ0v) is 16.3. The molecule has 0 unspecified atom stereocenters. The number of nitrogens with zero attached hydrogens (tertiary/aromatic N) is 6. The van der Waals surface area contributed by atoms with Crippen LogP contribution in [0.3, 0.4) is 0 Å². The van der Waals surface area contributed by atoms with Crippen LogP contribution in [0, 0.1) is 0 Å². The monoisotopic (exact) mass is 368 g/mol. The fourth-order valence-corrected chi connectivity index (χ4v) is 2.77. The van der Waals surface area contributed by atoms with Crippen molar-refractivity contribution in [3.05, 3.63) is 35.8 Å². The molecule has 1 aliphatic rings. The lowest BCUT2D eigenvalue weighted by atomic mass is 10.2. The van der Waals surface area contributed by atoms with E-state index in [2.05, 4.69) is 60.4 Å². The number of piperazine rings is 1. The molecule has 8 heteroatoms. The van der Waals surface area contributed by atoms with Crippen LogP contribution in [0.2, 0.25) is 0 Å². The summed E-state index contributed by atoms with van der Waals surface area (Å²) in [5, 5.41) is 6.29. The Morgan fingerprint density at radius 2 is 1.93 bits per heavy atom. The van der Waals surface area contributed by atoms with E-state index in [1.807, 2.05) is 31.5 Å². The third-order valence-electron chi connectivity index (χ3n) is 4.43. The SMILES string of the molecule is CCc1nc(Nc2ccc(/C=C/CNC)cn2)nc(N2CCN(C)CC2)n1. The summed E-state index contributed by atoms with van der Waals surface area (Å²) in [6.45, 7) is 6.77. The largest absolute Gasteiger partial charge is 0.338 e. The van der Waals surface area contributed by atoms with Crippen molar-refractivity contribution in [2.75, 3.05) is 57.0 Å². The molecule has 27 heavy (non-hydrogen) atoms. The van der Waals surface area contributed by atoms with Gasteiger partial charge in [0.25, 0.3) is 0 Å². The maximum absolute atomic E-state index is 4.62. The van der Waals surface area contributed by atoms with Gasteiger partial charge in [0.2, 0.25) is 11.9 Å². The van der Waals surface area contributed by atoms with Crippen molar-refractivity contribution in [3.63, 3.8) is 0 Å². The van der Waals surface area contributed by atoms with Gasteiger partial charge in [0.05, 0.1) is 0 Å². The van der Waals surface area contributed by atoms with Crippen molar-refractivity contribution in [3.8, 4) is 0 Å². The van der Waals surface area contributed by atoms with Crippen LogP contribution in [0.4, 0.5) is 17.7 Å². The Labute approximate surface area is 160 Å². The van der Waals surface area contributed by atoms with Gasteiger partial charge >= 0.3 is 0 Å². The molecule has 0 saturated carbocycles. The third kappa shape index (κ3) is 5.45. The number of hydrogen-bond acceptors (Lipinski definition) is 8. The van der Waals surface area contributed by atoms with Crippen LogP contribution in [0.5, 0.6) is 0 Å². The number of anilines is 3. The van der Waals surface area contributed by atoms with Gasteiger partial charge in [0.15, 0.2) is 0 Å². The molecule has 8 nitrogen and oxygen atoms in total. The molecule has 1 fully saturated rings. The molecule has 0 radical (unpaired) electrons. The van der Waals surface area contributed by atoms with E-state index in [9.17, 15) is 0 Å². The first-order valence-corrected chi connectivity index (χ1v) is 9.40. The number of aromatic nitrogens is 4. The van der Waals surface area contributed by atoms with E-state index < -0.39 is 0 Å². The molecule has 0 atom stereocenters. The number of likely N-dealkylation sites (N-methyl/N-ethyl adjacent to an activating group) is 2. The molecule has 2 aromatic rings. The second-order valence-electron chi connectivity index (χ2n) is 6.58. The minimum Gasteiger partial charge on any atom is -0.338 e. The van der Waals surface area contributed by atoms with Gasteiger partial charge in [-0.3, -0.25) is 0 Å². The van der Waals surface area contributed by atoms with E-state index in [0.717, 1.165) is 62.3 Å². The fraction of sp³-hybridized carbons (Fsp3) is 0.474. The predicted octanol–water partition coefficient (Wildman–Crippen LogP) is 1.56. The molecule has 0 bridgehead atoms. The van der Waals surface area contributed by atoms with Gasteiger partial charge in [-0.2, -0.15) is 15.0 Å². The molecule has 144 valence electrons. The van der Waals surface area contributed by atoms with Gasteiger partial charge in [0, 0.05) is 45.3 Å². The number of hydrogen-bond donors (Lipinski definition) is 2. The van der Waals surface area contributed by atoms with E-state index >= 15 is 0 Å². The van der Waals surface area contributed by atoms with Gasteiger partial charge in [-0.15, -0.1) is 0 Å². The summed E-state index contributed by atoms with van der Waals surface area (Å²) in [5.74, 6) is 2.79. The molecule has 3 heterocycles. The first-order chi connectivity index (χ1) is 13.2. The van der Waals surface area contributed by atoms with Crippen molar-refractivity contribution >= 4 is 23.8 Å². The van der Waals surface area contributed by atoms with E-state index in [4.69, 9.17) is 0 Å². The maximum atomic E-state index is 4.62. The highest BCUT2D eigenvalue weighted by Gasteiger charge is 2.18. The first kappa shape index (κ1) is 19.2. The fourth-order valence-electron chi connectivity index (χ4n) is 2.77. The summed E-state index contributed by atoms with van der Waals surface area (Å²) in [7, 11) is 4.06. The lowest BCUT2D eigenvalue weighted by Crippen LogP contribution is -2.45. The Hall–Kier alpha value is -2.58. The van der Waals surface area contributed by atoms with Crippen LogP contribution in [0.1, 0.15) is 18.3 Å². The number of nitrogens with one attached hydrogen (secondary N) is 2. The van der Waals surface area contributed by atoms with Gasteiger partial charge in [-0.1, -0.05) is 19.1 Å². The molecule has 0 aromatic carbocycles. The average Bonchev–Trinajstić information content (AvgIpc) is 2.70. The van der Waals surface area contributed by atoms with Crippen LogP contribution >= 0.6 is 0 Å². The Bertz CT molecular complexity index is 751. The topological polar surface area (TPSA) is 82.1 Å². The quantitative estimate of drug-likeness (QED) is 0.762. The Morgan fingerprint density at radius 3 is 2.59 bits per heavy atom. The van der Waals surface area contributed by atoms with Crippen LogP contribution in [0.25, 0.3) is 6.08 Å². The lowest BCUT2D eigenvalue weighted by molar-refractivity contribution is 0.311. The molecular weight excluding hydrogens is 340 g/mol. The number of pyridine rings is 1. The normalized spacial score (nSPS) is 15.4. The summed E-state index contributed by atoms with van der Waals surface area (Å²) in [5.41, 5.74) is 1.05. The molecule has 0 spiro atoms. The van der Waals surface area contributed by atoms with Crippen LogP contribution in [-0.2, 0) is 6.42 Å². The van der Waals surface area contributed by atoms with Crippen molar-refractivity contribution in [2.24, 2.45) is 0 Å². The Kier molecular flexibility index (Phi) is 6.67. The molecule has 2 N–H and O–H groups in total. The van der Waals surface area contributed by atoms with Crippen molar-refractivity contribution in [2.45, 2.75) is 13.3 Å². The minimum absolute atomic E-state index is 0.543. The number of rotatable bonds is 7. The van der Waals surface area contributed by atoms with Crippen molar-refractivity contribution in [1.82, 2.24) is 30.2 Å². The lowest BCUT2D eigenvalue weighted by Gasteiger charge is -2.32. The summed E-state index contributed by atoms with van der Waals surface area (Å²) in [6, 6.07) is 3.95. The summed E-state index contributed by atoms with van der Waals surface area (Å²) < 4.78 is 0. The van der Waals surface area contributed by atoms with Gasteiger partial charge in [-0.25, -0.2) is 4.98 Å². The second kappa shape index (κ2) is 9.38. The van der Waals surface area contributed by atoms with Crippen LogP contribution in [-0.4, -0.2) is 71.7 Å². The Morgan fingerprint density at radius 1 is 1.11 bits per heavy atom. The third-order valence-corrected chi connectivity index (χ3v) is 4.43. The highest BCUT2D eigenvalue weighted by Crippen LogP contribution is 2.16. The minimum atomic E-state index is 0.543. The zero-order chi connectivity index (χ0) is 19.1. The Balaban J connectivity index is 1.73. The van der Waals surface area contributed by atoms with Crippen molar-refractivity contribution in [1.29, 1.82) is 0 Å². The smallest absolute Gasteiger partial charge is 0.233 e. The highest BCUT2D eigenvalue weighted by molar-refractivity contribution is 5.54. The van der Waals surface area contributed by atoms with E-state index in [-0.39, 0.29) is 0 Å². The summed E-state index contributed by atoms with van der Waals surface area (Å²) in [6.07, 6.45) is 6.70. The summed E-state index contributed by atoms with van der Waals surface area (Å²) in [4.78, 5) is 22.7. The van der Waals surface area contributed by atoms with Crippen LogP contribution in [0.15, 0.2) is 24.4 Å². The molecule has 1 aliphatic heterocycles. The van der Waals surface area contributed by atoms with Crippen molar-refractivity contribution < 1.29 is 0 Å². The van der Waals surface area contributed by atoms with E-state index in [1.54, 1.807) is 0 Å². The molecular formula is C19H28N8. The molecule has 2 aromatic heterocycles. The van der Waals surface area contributed by atoms with Crippen LogP contribution < -0.4 is 15.5 Å². The molecule has 0 aliphatic carbocycles. The maximum Gasteiger partial charge on any atom is 0.233 e. The van der Waals surface area contributed by atoms with E-state index in [1.165, 1.54) is 0 Å². The predicted molar refractivity (Wildman–Crippen MR) is 109 cm³/mol. The van der Waals surface area contributed by atoms with Gasteiger partial charge < -0.3 is 20.4 Å². The second-order valence-corrected chi connectivity index (χ2v) is 6.58. The highest BCUT2D eigenvalue weighted by atomic mass is 15.3. The molecule has 3 rings (SSSR count). The summed E-state index contributed by atoms with van der Waals surface area (Å²) >= 11 is 0. The van der Waals surface area contributed by atoms with Gasteiger partial charge in [0.1, 0.15) is 11.6 Å².